The summed E-state index contributed by atoms with van der Waals surface area (Å²) in [5.74, 6) is 0.827. The molecule has 3 N–H and O–H groups in total. The first-order chi connectivity index (χ1) is 9.69. The van der Waals surface area contributed by atoms with Gasteiger partial charge >= 0.3 is 0 Å². The van der Waals surface area contributed by atoms with Crippen molar-refractivity contribution in [3.05, 3.63) is 41.2 Å². The molecule has 3 aromatic rings. The number of rotatable bonds is 3. The van der Waals surface area contributed by atoms with Crippen LogP contribution in [0.5, 0.6) is 0 Å². The van der Waals surface area contributed by atoms with E-state index in [0.29, 0.717) is 28.5 Å². The summed E-state index contributed by atoms with van der Waals surface area (Å²) >= 11 is 6.18. The van der Waals surface area contributed by atoms with Crippen LogP contribution in [0, 0.1) is 0 Å². The molecule has 0 saturated heterocycles. The average Bonchev–Trinajstić information content (AvgIpc) is 2.83. The zero-order chi connectivity index (χ0) is 14.1. The number of nitrogens with two attached hydrogens (primary N) is 1. The van der Waals surface area contributed by atoms with E-state index in [1.807, 2.05) is 28.8 Å². The summed E-state index contributed by atoms with van der Waals surface area (Å²) in [6.07, 6.45) is 1.71. The Kier molecular flexibility index (Phi) is 3.15. The molecule has 0 aliphatic rings. The Morgan fingerprint density at radius 2 is 2.10 bits per heavy atom. The lowest BCUT2D eigenvalue weighted by Crippen LogP contribution is -2.04. The molecule has 1 aromatic carbocycles. The molecule has 6 nitrogen and oxygen atoms in total. The highest BCUT2D eigenvalue weighted by atomic mass is 35.5. The number of nitrogen functional groups attached to an aromatic ring is 1. The van der Waals surface area contributed by atoms with Gasteiger partial charge in [-0.05, 0) is 11.6 Å². The van der Waals surface area contributed by atoms with Crippen molar-refractivity contribution >= 4 is 34.5 Å². The van der Waals surface area contributed by atoms with Gasteiger partial charge in [-0.2, -0.15) is 9.97 Å². The van der Waals surface area contributed by atoms with Crippen molar-refractivity contribution < 1.29 is 0 Å². The predicted octanol–water partition coefficient (Wildman–Crippen LogP) is 2.15. The highest BCUT2D eigenvalue weighted by Crippen LogP contribution is 2.22. The zero-order valence-corrected chi connectivity index (χ0v) is 11.6. The van der Waals surface area contributed by atoms with E-state index in [1.54, 1.807) is 13.4 Å². The molecule has 0 fully saturated rings. The van der Waals surface area contributed by atoms with Crippen molar-refractivity contribution in [3.63, 3.8) is 0 Å². The number of imidazole rings is 1. The lowest BCUT2D eigenvalue weighted by molar-refractivity contribution is 0.814. The summed E-state index contributed by atoms with van der Waals surface area (Å²) in [6.45, 7) is 0.579. The van der Waals surface area contributed by atoms with Gasteiger partial charge in [0.1, 0.15) is 0 Å². The van der Waals surface area contributed by atoms with Crippen LogP contribution in [0.3, 0.4) is 0 Å². The van der Waals surface area contributed by atoms with Crippen LogP contribution in [0.1, 0.15) is 5.56 Å². The van der Waals surface area contributed by atoms with Crippen molar-refractivity contribution in [2.45, 2.75) is 6.54 Å². The average molecular weight is 289 g/mol. The summed E-state index contributed by atoms with van der Waals surface area (Å²) in [6, 6.07) is 7.68. The van der Waals surface area contributed by atoms with E-state index in [0.717, 1.165) is 5.56 Å². The lowest BCUT2D eigenvalue weighted by Gasteiger charge is -2.07. The van der Waals surface area contributed by atoms with Gasteiger partial charge in [0.05, 0.1) is 12.9 Å². The van der Waals surface area contributed by atoms with E-state index in [9.17, 15) is 0 Å². The third-order valence-electron chi connectivity index (χ3n) is 3.02. The molecular formula is C13H13ClN6. The summed E-state index contributed by atoms with van der Waals surface area (Å²) in [5, 5.41) is 3.68. The number of benzene rings is 1. The number of nitrogens with zero attached hydrogens (tertiary/aromatic N) is 4. The molecule has 102 valence electrons. The summed E-state index contributed by atoms with van der Waals surface area (Å²) in [5.41, 5.74) is 8.09. The Morgan fingerprint density at radius 1 is 1.30 bits per heavy atom. The molecule has 0 atom stereocenters. The molecule has 0 aliphatic heterocycles. The Morgan fingerprint density at radius 3 is 2.85 bits per heavy atom. The van der Waals surface area contributed by atoms with Crippen molar-refractivity contribution in [3.8, 4) is 0 Å². The van der Waals surface area contributed by atoms with Crippen LogP contribution in [0.15, 0.2) is 30.6 Å². The first-order valence-electron chi connectivity index (χ1n) is 6.08. The van der Waals surface area contributed by atoms with Gasteiger partial charge in [-0.3, -0.25) is 0 Å². The molecule has 20 heavy (non-hydrogen) atoms. The molecule has 2 heterocycles. The fourth-order valence-electron chi connectivity index (χ4n) is 2.06. The molecule has 0 aliphatic carbocycles. The summed E-state index contributed by atoms with van der Waals surface area (Å²) in [7, 11) is 1.77. The molecule has 2 aromatic heterocycles. The Hall–Kier alpha value is -2.34. The van der Waals surface area contributed by atoms with Crippen molar-refractivity contribution in [2.24, 2.45) is 0 Å². The minimum atomic E-state index is 0.211. The molecule has 0 unspecified atom stereocenters. The third-order valence-corrected chi connectivity index (χ3v) is 3.39. The second kappa shape index (κ2) is 4.97. The number of aromatic nitrogens is 4. The monoisotopic (exact) mass is 288 g/mol. The van der Waals surface area contributed by atoms with Crippen LogP contribution in [-0.2, 0) is 6.54 Å². The minimum Gasteiger partial charge on any atom is -0.371 e. The van der Waals surface area contributed by atoms with Gasteiger partial charge in [-0.15, -0.1) is 0 Å². The van der Waals surface area contributed by atoms with Crippen molar-refractivity contribution in [1.29, 1.82) is 0 Å². The zero-order valence-electron chi connectivity index (χ0n) is 10.8. The van der Waals surface area contributed by atoms with E-state index in [-0.39, 0.29) is 5.95 Å². The van der Waals surface area contributed by atoms with E-state index in [2.05, 4.69) is 20.3 Å². The Labute approximate surface area is 120 Å². The number of nitrogens with one attached hydrogen (secondary N) is 1. The third kappa shape index (κ3) is 2.14. The quantitative estimate of drug-likeness (QED) is 0.772. The Bertz CT molecular complexity index is 767. The predicted molar refractivity (Wildman–Crippen MR) is 79.8 cm³/mol. The fourth-order valence-corrected chi connectivity index (χ4v) is 2.26. The maximum Gasteiger partial charge on any atom is 0.224 e. The number of anilines is 2. The van der Waals surface area contributed by atoms with Gasteiger partial charge in [-0.1, -0.05) is 29.8 Å². The van der Waals surface area contributed by atoms with Crippen molar-refractivity contribution in [1.82, 2.24) is 19.5 Å². The summed E-state index contributed by atoms with van der Waals surface area (Å²) < 4.78 is 1.90. The topological polar surface area (TPSA) is 81.7 Å². The molecule has 0 bridgehead atoms. The van der Waals surface area contributed by atoms with E-state index >= 15 is 0 Å². The maximum atomic E-state index is 6.18. The van der Waals surface area contributed by atoms with E-state index in [4.69, 9.17) is 17.3 Å². The summed E-state index contributed by atoms with van der Waals surface area (Å²) in [4.78, 5) is 12.7. The van der Waals surface area contributed by atoms with E-state index in [1.165, 1.54) is 0 Å². The van der Waals surface area contributed by atoms with Crippen LogP contribution < -0.4 is 11.1 Å². The Balaban J connectivity index is 2.09. The second-order valence-corrected chi connectivity index (χ2v) is 4.72. The number of fused-ring (bicyclic) bond motifs is 1. The van der Waals surface area contributed by atoms with Gasteiger partial charge in [-0.25, -0.2) is 4.98 Å². The first-order valence-corrected chi connectivity index (χ1v) is 6.46. The minimum absolute atomic E-state index is 0.211. The first kappa shape index (κ1) is 12.7. The van der Waals surface area contributed by atoms with Crippen LogP contribution in [0.2, 0.25) is 5.02 Å². The highest BCUT2D eigenvalue weighted by Gasteiger charge is 2.12. The van der Waals surface area contributed by atoms with Gasteiger partial charge in [0.15, 0.2) is 17.0 Å². The molecule has 0 amide bonds. The standard InChI is InChI=1S/C13H13ClN6/c1-16-11-10-12(19-13(15)18-11)20(7-17-10)6-8-4-2-3-5-9(8)14/h2-5,7H,6H2,1H3,(H3,15,16,18,19). The number of hydrogen-bond acceptors (Lipinski definition) is 5. The molecule has 3 rings (SSSR count). The fraction of sp³-hybridized carbons (Fsp3) is 0.154. The second-order valence-electron chi connectivity index (χ2n) is 4.32. The molecule has 0 spiro atoms. The normalized spacial score (nSPS) is 10.9. The van der Waals surface area contributed by atoms with Crippen LogP contribution in [0.25, 0.3) is 11.2 Å². The largest absolute Gasteiger partial charge is 0.371 e. The van der Waals surface area contributed by atoms with Gasteiger partial charge in [0.25, 0.3) is 0 Å². The molecular weight excluding hydrogens is 276 g/mol. The van der Waals surface area contributed by atoms with Gasteiger partial charge in [0, 0.05) is 12.1 Å². The van der Waals surface area contributed by atoms with E-state index < -0.39 is 0 Å². The van der Waals surface area contributed by atoms with Crippen LogP contribution in [-0.4, -0.2) is 26.6 Å². The van der Waals surface area contributed by atoms with Gasteiger partial charge < -0.3 is 15.6 Å². The number of hydrogen-bond donors (Lipinski definition) is 2. The van der Waals surface area contributed by atoms with Crippen molar-refractivity contribution in [2.75, 3.05) is 18.1 Å². The smallest absolute Gasteiger partial charge is 0.224 e. The molecule has 0 radical (unpaired) electrons. The molecule has 7 heteroatoms. The van der Waals surface area contributed by atoms with Crippen LogP contribution >= 0.6 is 11.6 Å². The lowest BCUT2D eigenvalue weighted by atomic mass is 10.2. The SMILES string of the molecule is CNc1nc(N)nc2c1ncn2Cc1ccccc1Cl. The number of halogens is 1. The maximum absolute atomic E-state index is 6.18. The van der Waals surface area contributed by atoms with Gasteiger partial charge in [0.2, 0.25) is 5.95 Å². The van der Waals surface area contributed by atoms with Crippen LogP contribution in [0.4, 0.5) is 11.8 Å². The highest BCUT2D eigenvalue weighted by molar-refractivity contribution is 6.31. The molecule has 0 saturated carbocycles.